The number of ether oxygens (including phenoxy) is 1. The molecule has 2 rings (SSSR count). The number of carbonyl (C=O) groups excluding carboxylic acids is 1. The largest absolute Gasteiger partial charge is 0.497 e. The van der Waals surface area contributed by atoms with E-state index in [0.29, 0.717) is 23.5 Å². The Hall–Kier alpha value is -2.50. The summed E-state index contributed by atoms with van der Waals surface area (Å²) >= 11 is 0. The second-order valence-electron chi connectivity index (χ2n) is 4.55. The van der Waals surface area contributed by atoms with Crippen molar-refractivity contribution in [1.29, 1.82) is 0 Å². The highest BCUT2D eigenvalue weighted by atomic mass is 16.5. The lowest BCUT2D eigenvalue weighted by Crippen LogP contribution is -2.24. The smallest absolute Gasteiger partial charge is 0.253 e. The van der Waals surface area contributed by atoms with Gasteiger partial charge in [0.15, 0.2) is 0 Å². The fourth-order valence-electron chi connectivity index (χ4n) is 1.97. The van der Waals surface area contributed by atoms with Crippen molar-refractivity contribution in [2.45, 2.75) is 13.5 Å². The summed E-state index contributed by atoms with van der Waals surface area (Å²) in [5.41, 5.74) is 8.55. The third kappa shape index (κ3) is 2.90. The zero-order valence-electron chi connectivity index (χ0n) is 11.8. The third-order valence-corrected chi connectivity index (χ3v) is 3.06. The van der Waals surface area contributed by atoms with E-state index in [2.05, 4.69) is 10.4 Å². The lowest BCUT2D eigenvalue weighted by Gasteiger charge is -2.08. The molecule has 0 radical (unpaired) electrons. The average Bonchev–Trinajstić information content (AvgIpc) is 2.74. The van der Waals surface area contributed by atoms with Crippen LogP contribution in [0.5, 0.6) is 5.75 Å². The van der Waals surface area contributed by atoms with E-state index in [1.54, 1.807) is 30.0 Å². The first kappa shape index (κ1) is 13.9. The lowest BCUT2D eigenvalue weighted by atomic mass is 10.1. The standard InChI is InChI=1S/C14H18N4O2/c1-9-10(8-18(2)17-9)7-16-14(19)12-5-4-11(20-3)6-13(12)15/h4-6,8H,7,15H2,1-3H3,(H,16,19). The normalized spacial score (nSPS) is 10.3. The Bertz CT molecular complexity index is 634. The van der Waals surface area contributed by atoms with Crippen LogP contribution >= 0.6 is 0 Å². The molecular weight excluding hydrogens is 256 g/mol. The molecule has 1 heterocycles. The molecule has 0 aliphatic carbocycles. The predicted molar refractivity (Wildman–Crippen MR) is 76.5 cm³/mol. The van der Waals surface area contributed by atoms with Gasteiger partial charge >= 0.3 is 0 Å². The van der Waals surface area contributed by atoms with Crippen molar-refractivity contribution in [1.82, 2.24) is 15.1 Å². The molecule has 0 bridgehead atoms. The van der Waals surface area contributed by atoms with Crippen molar-refractivity contribution < 1.29 is 9.53 Å². The molecule has 1 aromatic heterocycles. The van der Waals surface area contributed by atoms with E-state index >= 15 is 0 Å². The predicted octanol–water partition coefficient (Wildman–Crippen LogP) is 1.25. The van der Waals surface area contributed by atoms with Gasteiger partial charge in [-0.25, -0.2) is 0 Å². The Kier molecular flexibility index (Phi) is 3.93. The SMILES string of the molecule is COc1ccc(C(=O)NCc2cn(C)nc2C)c(N)c1. The number of hydrogen-bond acceptors (Lipinski definition) is 4. The average molecular weight is 274 g/mol. The summed E-state index contributed by atoms with van der Waals surface area (Å²) in [5, 5.41) is 7.06. The number of nitrogens with zero attached hydrogens (tertiary/aromatic N) is 2. The molecule has 0 aliphatic heterocycles. The van der Waals surface area contributed by atoms with Crippen LogP contribution in [0, 0.1) is 6.92 Å². The minimum Gasteiger partial charge on any atom is -0.497 e. The number of hydrogen-bond donors (Lipinski definition) is 2. The van der Waals surface area contributed by atoms with Gasteiger partial charge in [-0.2, -0.15) is 5.10 Å². The van der Waals surface area contributed by atoms with Crippen molar-refractivity contribution in [2.75, 3.05) is 12.8 Å². The van der Waals surface area contributed by atoms with Crippen molar-refractivity contribution in [3.8, 4) is 5.75 Å². The number of amides is 1. The van der Waals surface area contributed by atoms with Gasteiger partial charge in [-0.3, -0.25) is 9.48 Å². The Balaban J connectivity index is 2.07. The molecule has 0 atom stereocenters. The Labute approximate surface area is 117 Å². The van der Waals surface area contributed by atoms with Crippen LogP contribution in [0.1, 0.15) is 21.6 Å². The fourth-order valence-corrected chi connectivity index (χ4v) is 1.97. The minimum atomic E-state index is -0.214. The molecule has 0 spiro atoms. The zero-order valence-corrected chi connectivity index (χ0v) is 11.8. The molecule has 0 aliphatic rings. The number of benzene rings is 1. The number of aryl methyl sites for hydroxylation is 2. The van der Waals surface area contributed by atoms with Crippen LogP contribution in [0.4, 0.5) is 5.69 Å². The van der Waals surface area contributed by atoms with Gasteiger partial charge in [-0.1, -0.05) is 0 Å². The molecule has 6 heteroatoms. The van der Waals surface area contributed by atoms with E-state index < -0.39 is 0 Å². The summed E-state index contributed by atoms with van der Waals surface area (Å²) in [6, 6.07) is 4.99. The Morgan fingerprint density at radius 2 is 2.25 bits per heavy atom. The first-order chi connectivity index (χ1) is 9.51. The first-order valence-electron chi connectivity index (χ1n) is 6.22. The lowest BCUT2D eigenvalue weighted by molar-refractivity contribution is 0.0951. The molecular formula is C14H18N4O2. The van der Waals surface area contributed by atoms with Gasteiger partial charge in [0.25, 0.3) is 5.91 Å². The molecule has 20 heavy (non-hydrogen) atoms. The van der Waals surface area contributed by atoms with Crippen LogP contribution < -0.4 is 15.8 Å². The van der Waals surface area contributed by atoms with Gasteiger partial charge in [0, 0.05) is 37.1 Å². The summed E-state index contributed by atoms with van der Waals surface area (Å²) in [7, 11) is 3.40. The number of carbonyl (C=O) groups is 1. The van der Waals surface area contributed by atoms with Crippen LogP contribution in [0.3, 0.4) is 0 Å². The van der Waals surface area contributed by atoms with Gasteiger partial charge in [0.1, 0.15) is 5.75 Å². The van der Waals surface area contributed by atoms with E-state index in [-0.39, 0.29) is 5.91 Å². The second-order valence-corrected chi connectivity index (χ2v) is 4.55. The van der Waals surface area contributed by atoms with Gasteiger partial charge < -0.3 is 15.8 Å². The first-order valence-corrected chi connectivity index (χ1v) is 6.22. The van der Waals surface area contributed by atoms with Crippen LogP contribution in [-0.2, 0) is 13.6 Å². The quantitative estimate of drug-likeness (QED) is 0.822. The maximum Gasteiger partial charge on any atom is 0.253 e. The number of nitrogens with two attached hydrogens (primary N) is 1. The molecule has 6 nitrogen and oxygen atoms in total. The number of nitrogen functional groups attached to an aromatic ring is 1. The molecule has 106 valence electrons. The molecule has 1 aromatic carbocycles. The molecule has 0 unspecified atom stereocenters. The Morgan fingerprint density at radius 3 is 2.80 bits per heavy atom. The molecule has 0 saturated carbocycles. The van der Waals surface area contributed by atoms with Crippen LogP contribution in [-0.4, -0.2) is 22.8 Å². The number of aromatic nitrogens is 2. The summed E-state index contributed by atoms with van der Waals surface area (Å²) in [4.78, 5) is 12.1. The highest BCUT2D eigenvalue weighted by molar-refractivity contribution is 5.99. The molecule has 3 N–H and O–H groups in total. The van der Waals surface area contributed by atoms with Crippen molar-refractivity contribution >= 4 is 11.6 Å². The third-order valence-electron chi connectivity index (χ3n) is 3.06. The van der Waals surface area contributed by atoms with Gasteiger partial charge in [0.2, 0.25) is 0 Å². The van der Waals surface area contributed by atoms with Crippen molar-refractivity contribution in [2.24, 2.45) is 7.05 Å². The maximum atomic E-state index is 12.1. The summed E-state index contributed by atoms with van der Waals surface area (Å²) in [6.07, 6.45) is 1.88. The number of nitrogens with one attached hydrogen (secondary N) is 1. The van der Waals surface area contributed by atoms with E-state index in [4.69, 9.17) is 10.5 Å². The van der Waals surface area contributed by atoms with E-state index in [1.165, 1.54) is 0 Å². The number of methoxy groups -OCH3 is 1. The van der Waals surface area contributed by atoms with E-state index in [9.17, 15) is 4.79 Å². The van der Waals surface area contributed by atoms with Crippen molar-refractivity contribution in [3.63, 3.8) is 0 Å². The Morgan fingerprint density at radius 1 is 1.50 bits per heavy atom. The van der Waals surface area contributed by atoms with Gasteiger partial charge in [0.05, 0.1) is 18.4 Å². The highest BCUT2D eigenvalue weighted by Crippen LogP contribution is 2.19. The highest BCUT2D eigenvalue weighted by Gasteiger charge is 2.11. The fraction of sp³-hybridized carbons (Fsp3) is 0.286. The summed E-state index contributed by atoms with van der Waals surface area (Å²) in [5.74, 6) is 0.413. The van der Waals surface area contributed by atoms with Crippen LogP contribution in [0.2, 0.25) is 0 Å². The minimum absolute atomic E-state index is 0.214. The van der Waals surface area contributed by atoms with Crippen LogP contribution in [0.25, 0.3) is 0 Å². The molecule has 2 aromatic rings. The number of rotatable bonds is 4. The second kappa shape index (κ2) is 5.64. The molecule has 1 amide bonds. The van der Waals surface area contributed by atoms with E-state index in [0.717, 1.165) is 11.3 Å². The monoisotopic (exact) mass is 274 g/mol. The van der Waals surface area contributed by atoms with Gasteiger partial charge in [-0.05, 0) is 19.1 Å². The van der Waals surface area contributed by atoms with E-state index in [1.807, 2.05) is 20.2 Å². The van der Waals surface area contributed by atoms with Crippen molar-refractivity contribution in [3.05, 3.63) is 41.2 Å². The summed E-state index contributed by atoms with van der Waals surface area (Å²) in [6.45, 7) is 2.33. The van der Waals surface area contributed by atoms with Gasteiger partial charge in [-0.15, -0.1) is 0 Å². The zero-order chi connectivity index (χ0) is 14.7. The van der Waals surface area contributed by atoms with Crippen LogP contribution in [0.15, 0.2) is 24.4 Å². The summed E-state index contributed by atoms with van der Waals surface area (Å²) < 4.78 is 6.78. The molecule has 0 saturated heterocycles. The topological polar surface area (TPSA) is 82.2 Å². The number of anilines is 1. The maximum absolute atomic E-state index is 12.1. The molecule has 0 fully saturated rings.